The van der Waals surface area contributed by atoms with Crippen LogP contribution in [0.4, 0.5) is 0 Å². The molecule has 1 saturated carbocycles. The molecule has 176 valence electrons. The maximum atomic E-state index is 13.4. The number of aliphatic carboxylic acids is 1. The molecule has 1 heterocycles. The molecule has 1 saturated heterocycles. The van der Waals surface area contributed by atoms with Gasteiger partial charge in [0.15, 0.2) is 0 Å². The van der Waals surface area contributed by atoms with E-state index in [1.807, 2.05) is 0 Å². The maximum absolute atomic E-state index is 13.4. The Morgan fingerprint density at radius 3 is 2.55 bits per heavy atom. The van der Waals surface area contributed by atoms with Crippen molar-refractivity contribution in [2.75, 3.05) is 26.2 Å². The molecule has 2 amide bonds. The third-order valence-electron chi connectivity index (χ3n) is 6.14. The molecule has 0 bridgehead atoms. The number of rotatable bonds is 12. The fourth-order valence-electron chi connectivity index (χ4n) is 4.54. The molecule has 10 heteroatoms. The number of piperidine rings is 1. The molecule has 0 aromatic carbocycles. The molecule has 0 spiro atoms. The van der Waals surface area contributed by atoms with E-state index in [1.54, 1.807) is 4.90 Å². The van der Waals surface area contributed by atoms with E-state index in [2.05, 4.69) is 21.1 Å². The summed E-state index contributed by atoms with van der Waals surface area (Å²) in [4.78, 5) is 39.0. The smallest absolute Gasteiger partial charge is 0.317 e. The molecule has 31 heavy (non-hydrogen) atoms. The highest BCUT2D eigenvalue weighted by molar-refractivity contribution is 5.90. The van der Waals surface area contributed by atoms with Gasteiger partial charge in [0.05, 0.1) is 12.6 Å². The SMILES string of the molecule is NN=CNCCCNC(=O)C1CCCCN1C(=O)C(CC1CCCCC1)NCC(=O)O. The number of nitrogens with zero attached hydrogens (tertiary/aromatic N) is 2. The number of carbonyl (C=O) groups is 3. The molecule has 1 aliphatic carbocycles. The topological polar surface area (TPSA) is 149 Å². The van der Waals surface area contributed by atoms with Gasteiger partial charge in [-0.3, -0.25) is 19.7 Å². The standard InChI is InChI=1S/C21H38N6O4/c22-26-15-23-10-6-11-24-20(30)18-9-4-5-12-27(18)21(31)17(25-14-19(28)29)13-16-7-2-1-3-8-16/h15-18,25H,1-14,22H2,(H,23,26)(H,24,30)(H,28,29). The molecule has 2 atom stereocenters. The van der Waals surface area contributed by atoms with Crippen LogP contribution in [0.25, 0.3) is 0 Å². The normalized spacial score (nSPS) is 21.0. The van der Waals surface area contributed by atoms with Gasteiger partial charge in [0.2, 0.25) is 11.8 Å². The Hall–Kier alpha value is -2.36. The summed E-state index contributed by atoms with van der Waals surface area (Å²) in [5.74, 6) is 4.17. The van der Waals surface area contributed by atoms with Crippen LogP contribution in [-0.2, 0) is 14.4 Å². The van der Waals surface area contributed by atoms with Crippen molar-refractivity contribution in [2.45, 2.75) is 76.3 Å². The molecular formula is C21H38N6O4. The molecule has 0 aromatic rings. The fraction of sp³-hybridized carbons (Fsp3) is 0.810. The monoisotopic (exact) mass is 438 g/mol. The minimum absolute atomic E-state index is 0.143. The minimum Gasteiger partial charge on any atom is -0.480 e. The highest BCUT2D eigenvalue weighted by atomic mass is 16.4. The first-order chi connectivity index (χ1) is 15.0. The zero-order chi connectivity index (χ0) is 22.5. The summed E-state index contributed by atoms with van der Waals surface area (Å²) in [5.41, 5.74) is 0. The molecule has 6 N–H and O–H groups in total. The Morgan fingerprint density at radius 1 is 1.10 bits per heavy atom. The van der Waals surface area contributed by atoms with Crippen molar-refractivity contribution in [3.05, 3.63) is 0 Å². The van der Waals surface area contributed by atoms with Crippen LogP contribution in [0.2, 0.25) is 0 Å². The largest absolute Gasteiger partial charge is 0.480 e. The summed E-state index contributed by atoms with van der Waals surface area (Å²) in [5, 5.41) is 21.2. The third-order valence-corrected chi connectivity index (χ3v) is 6.14. The molecule has 0 aromatic heterocycles. The van der Waals surface area contributed by atoms with Crippen molar-refractivity contribution >= 4 is 24.1 Å². The van der Waals surface area contributed by atoms with Gasteiger partial charge in [-0.15, -0.1) is 0 Å². The second-order valence-corrected chi connectivity index (χ2v) is 8.49. The van der Waals surface area contributed by atoms with E-state index in [-0.39, 0.29) is 18.4 Å². The maximum Gasteiger partial charge on any atom is 0.317 e. The van der Waals surface area contributed by atoms with Crippen LogP contribution < -0.4 is 21.8 Å². The van der Waals surface area contributed by atoms with E-state index in [1.165, 1.54) is 12.8 Å². The third kappa shape index (κ3) is 8.72. The number of amides is 2. The first-order valence-corrected chi connectivity index (χ1v) is 11.5. The molecule has 1 aliphatic heterocycles. The van der Waals surface area contributed by atoms with E-state index in [0.29, 0.717) is 44.8 Å². The van der Waals surface area contributed by atoms with Gasteiger partial charge in [-0.25, -0.2) is 0 Å². The van der Waals surface area contributed by atoms with E-state index in [9.17, 15) is 14.4 Å². The number of carboxylic acids is 1. The Bertz CT molecular complexity index is 609. The first kappa shape index (κ1) is 24.9. The molecule has 2 aliphatic rings. The highest BCUT2D eigenvalue weighted by Gasteiger charge is 2.36. The number of carboxylic acid groups (broad SMARTS) is 1. The molecule has 0 radical (unpaired) electrons. The van der Waals surface area contributed by atoms with Crippen LogP contribution in [-0.4, -0.2) is 72.4 Å². The van der Waals surface area contributed by atoms with Crippen LogP contribution in [0.5, 0.6) is 0 Å². The van der Waals surface area contributed by atoms with Crippen molar-refractivity contribution in [1.82, 2.24) is 20.9 Å². The second-order valence-electron chi connectivity index (χ2n) is 8.49. The van der Waals surface area contributed by atoms with Crippen LogP contribution >= 0.6 is 0 Å². The van der Waals surface area contributed by atoms with E-state index >= 15 is 0 Å². The summed E-state index contributed by atoms with van der Waals surface area (Å²) < 4.78 is 0. The molecule has 10 nitrogen and oxygen atoms in total. The Morgan fingerprint density at radius 2 is 1.84 bits per heavy atom. The number of likely N-dealkylation sites (tertiary alicyclic amines) is 1. The number of hydrazone groups is 1. The van der Waals surface area contributed by atoms with Crippen molar-refractivity contribution in [3.8, 4) is 0 Å². The van der Waals surface area contributed by atoms with E-state index in [4.69, 9.17) is 10.9 Å². The average molecular weight is 439 g/mol. The van der Waals surface area contributed by atoms with Crippen LogP contribution in [0.15, 0.2) is 5.10 Å². The summed E-state index contributed by atoms with van der Waals surface area (Å²) >= 11 is 0. The second kappa shape index (κ2) is 13.8. The molecule has 2 fully saturated rings. The first-order valence-electron chi connectivity index (χ1n) is 11.5. The molecular weight excluding hydrogens is 400 g/mol. The predicted octanol–water partition coefficient (Wildman–Crippen LogP) is 0.379. The van der Waals surface area contributed by atoms with Gasteiger partial charge < -0.3 is 26.5 Å². The van der Waals surface area contributed by atoms with Gasteiger partial charge in [0, 0.05) is 19.6 Å². The summed E-state index contributed by atoms with van der Waals surface area (Å²) in [6, 6.07) is -1.06. The zero-order valence-corrected chi connectivity index (χ0v) is 18.4. The summed E-state index contributed by atoms with van der Waals surface area (Å²) in [6.07, 6.45) is 10.8. The number of hydrogen-bond donors (Lipinski definition) is 5. The Kier molecular flexibility index (Phi) is 11.1. The van der Waals surface area contributed by atoms with Crippen molar-refractivity contribution in [2.24, 2.45) is 16.9 Å². The number of carbonyl (C=O) groups excluding carboxylic acids is 2. The lowest BCUT2D eigenvalue weighted by molar-refractivity contribution is -0.145. The van der Waals surface area contributed by atoms with Gasteiger partial charge >= 0.3 is 5.97 Å². The van der Waals surface area contributed by atoms with Gasteiger partial charge in [0.25, 0.3) is 0 Å². The van der Waals surface area contributed by atoms with Gasteiger partial charge in [-0.1, -0.05) is 32.1 Å². The summed E-state index contributed by atoms with van der Waals surface area (Å²) in [7, 11) is 0. The predicted molar refractivity (Wildman–Crippen MR) is 118 cm³/mol. The lowest BCUT2D eigenvalue weighted by Crippen LogP contribution is -2.57. The molecule has 2 unspecified atom stereocenters. The van der Waals surface area contributed by atoms with Crippen molar-refractivity contribution < 1.29 is 19.5 Å². The van der Waals surface area contributed by atoms with Crippen LogP contribution in [0.1, 0.15) is 64.2 Å². The van der Waals surface area contributed by atoms with Crippen LogP contribution in [0.3, 0.4) is 0 Å². The number of nitrogens with two attached hydrogens (primary N) is 1. The fourth-order valence-corrected chi connectivity index (χ4v) is 4.54. The van der Waals surface area contributed by atoms with Crippen molar-refractivity contribution in [3.63, 3.8) is 0 Å². The van der Waals surface area contributed by atoms with Crippen molar-refractivity contribution in [1.29, 1.82) is 0 Å². The Balaban J connectivity index is 1.96. The Labute approximate surface area is 184 Å². The lowest BCUT2D eigenvalue weighted by atomic mass is 9.84. The van der Waals surface area contributed by atoms with Gasteiger partial charge in [0.1, 0.15) is 12.4 Å². The lowest BCUT2D eigenvalue weighted by Gasteiger charge is -2.38. The average Bonchev–Trinajstić information content (AvgIpc) is 2.79. The quantitative estimate of drug-likeness (QED) is 0.0972. The van der Waals surface area contributed by atoms with Crippen LogP contribution in [0, 0.1) is 5.92 Å². The summed E-state index contributed by atoms with van der Waals surface area (Å²) in [6.45, 7) is 1.40. The van der Waals surface area contributed by atoms with E-state index < -0.39 is 18.1 Å². The van der Waals surface area contributed by atoms with Gasteiger partial charge in [-0.05, 0) is 38.0 Å². The van der Waals surface area contributed by atoms with Gasteiger partial charge in [-0.2, -0.15) is 5.10 Å². The number of hydrogen-bond acceptors (Lipinski definition) is 6. The highest BCUT2D eigenvalue weighted by Crippen LogP contribution is 2.28. The molecule has 2 rings (SSSR count). The number of nitrogens with one attached hydrogen (secondary N) is 3. The van der Waals surface area contributed by atoms with E-state index in [0.717, 1.165) is 38.5 Å². The minimum atomic E-state index is -0.984. The zero-order valence-electron chi connectivity index (χ0n) is 18.4.